The first-order valence-electron chi connectivity index (χ1n) is 4.85. The minimum absolute atomic E-state index is 0.885. The molecule has 0 aromatic carbocycles. The number of thioether (sulfide) groups is 1. The molecule has 2 fully saturated rings. The fourth-order valence-corrected chi connectivity index (χ4v) is 2.86. The Morgan fingerprint density at radius 3 is 2.83 bits per heavy atom. The first kappa shape index (κ1) is 8.85. The molecule has 2 heterocycles. The molecule has 0 radical (unpaired) electrons. The average Bonchev–Trinajstić information content (AvgIpc) is 2.34. The van der Waals surface area contributed by atoms with Gasteiger partial charge in [0.05, 0.1) is 0 Å². The highest BCUT2D eigenvalue weighted by Crippen LogP contribution is 2.23. The summed E-state index contributed by atoms with van der Waals surface area (Å²) in [5.74, 6) is 3.63. The van der Waals surface area contributed by atoms with Crippen LogP contribution in [0, 0.1) is 5.92 Å². The van der Waals surface area contributed by atoms with Gasteiger partial charge < -0.3 is 10.2 Å². The fraction of sp³-hybridized carbons (Fsp3) is 1.00. The van der Waals surface area contributed by atoms with Crippen LogP contribution in [0.1, 0.15) is 6.42 Å². The van der Waals surface area contributed by atoms with Crippen LogP contribution < -0.4 is 5.32 Å². The Bertz CT molecular complexity index is 141. The largest absolute Gasteiger partial charge is 0.316 e. The summed E-state index contributed by atoms with van der Waals surface area (Å²) in [6, 6.07) is 0.885. The van der Waals surface area contributed by atoms with Crippen molar-refractivity contribution in [3.05, 3.63) is 0 Å². The second-order valence-corrected chi connectivity index (χ2v) is 5.06. The molecule has 1 N–H and O–H groups in total. The Balaban J connectivity index is 1.69. The van der Waals surface area contributed by atoms with Gasteiger partial charge in [-0.05, 0) is 32.5 Å². The van der Waals surface area contributed by atoms with Crippen LogP contribution in [0.4, 0.5) is 0 Å². The molecule has 0 amide bonds. The van der Waals surface area contributed by atoms with Gasteiger partial charge in [-0.3, -0.25) is 0 Å². The zero-order chi connectivity index (χ0) is 8.39. The lowest BCUT2D eigenvalue weighted by Gasteiger charge is -2.35. The molecule has 0 aromatic rings. The van der Waals surface area contributed by atoms with Gasteiger partial charge in [-0.1, -0.05) is 0 Å². The van der Waals surface area contributed by atoms with Gasteiger partial charge in [0.15, 0.2) is 0 Å². The smallest absolute Gasteiger partial charge is 0.0274 e. The van der Waals surface area contributed by atoms with Crippen molar-refractivity contribution in [2.24, 2.45) is 5.92 Å². The predicted octanol–water partition coefficient (Wildman–Crippen LogP) is 0.643. The third-order valence-electron chi connectivity index (χ3n) is 2.95. The standard InChI is InChI=1S/C9H18N2S/c1-11(9-6-12-7-9)5-8-2-3-10-4-8/h8-10H,2-7H2,1H3. The first-order valence-corrected chi connectivity index (χ1v) is 6.00. The highest BCUT2D eigenvalue weighted by molar-refractivity contribution is 8.00. The maximum atomic E-state index is 3.42. The second-order valence-electron chi connectivity index (χ2n) is 3.99. The van der Waals surface area contributed by atoms with Crippen molar-refractivity contribution in [3.63, 3.8) is 0 Å². The Hall–Kier alpha value is 0.270. The Labute approximate surface area is 79.1 Å². The van der Waals surface area contributed by atoms with E-state index in [1.165, 1.54) is 37.6 Å². The number of rotatable bonds is 3. The minimum Gasteiger partial charge on any atom is -0.316 e. The number of hydrogen-bond donors (Lipinski definition) is 1. The van der Waals surface area contributed by atoms with Gasteiger partial charge in [0, 0.05) is 24.1 Å². The van der Waals surface area contributed by atoms with Crippen LogP contribution in [-0.4, -0.2) is 49.1 Å². The molecule has 2 saturated heterocycles. The van der Waals surface area contributed by atoms with E-state index in [0.29, 0.717) is 0 Å². The molecule has 1 unspecified atom stereocenters. The molecule has 1 atom stereocenters. The van der Waals surface area contributed by atoms with Crippen molar-refractivity contribution in [2.75, 3.05) is 38.2 Å². The average molecular weight is 186 g/mol. The van der Waals surface area contributed by atoms with Gasteiger partial charge in [0.2, 0.25) is 0 Å². The third-order valence-corrected chi connectivity index (χ3v) is 4.19. The lowest BCUT2D eigenvalue weighted by Crippen LogP contribution is -2.44. The van der Waals surface area contributed by atoms with Gasteiger partial charge in [-0.15, -0.1) is 0 Å². The molecule has 70 valence electrons. The van der Waals surface area contributed by atoms with E-state index >= 15 is 0 Å². The summed E-state index contributed by atoms with van der Waals surface area (Å²) in [5.41, 5.74) is 0. The fourth-order valence-electron chi connectivity index (χ4n) is 1.90. The summed E-state index contributed by atoms with van der Waals surface area (Å²) in [6.07, 6.45) is 1.38. The first-order chi connectivity index (χ1) is 5.86. The highest BCUT2D eigenvalue weighted by Gasteiger charge is 2.25. The van der Waals surface area contributed by atoms with Crippen molar-refractivity contribution in [3.8, 4) is 0 Å². The van der Waals surface area contributed by atoms with Gasteiger partial charge in [0.25, 0.3) is 0 Å². The molecule has 2 nitrogen and oxygen atoms in total. The van der Waals surface area contributed by atoms with Crippen LogP contribution in [0.2, 0.25) is 0 Å². The van der Waals surface area contributed by atoms with Crippen molar-refractivity contribution in [1.29, 1.82) is 0 Å². The van der Waals surface area contributed by atoms with E-state index in [-0.39, 0.29) is 0 Å². The van der Waals surface area contributed by atoms with Crippen LogP contribution in [-0.2, 0) is 0 Å². The molecular formula is C9H18N2S. The van der Waals surface area contributed by atoms with Crippen molar-refractivity contribution in [1.82, 2.24) is 10.2 Å². The molecule has 0 aliphatic carbocycles. The molecule has 0 spiro atoms. The lowest BCUT2D eigenvalue weighted by molar-refractivity contribution is 0.235. The monoisotopic (exact) mass is 186 g/mol. The quantitative estimate of drug-likeness (QED) is 0.696. The van der Waals surface area contributed by atoms with E-state index in [2.05, 4.69) is 29.0 Å². The van der Waals surface area contributed by atoms with Gasteiger partial charge in [-0.2, -0.15) is 11.8 Å². The number of nitrogens with zero attached hydrogens (tertiary/aromatic N) is 1. The van der Waals surface area contributed by atoms with Crippen LogP contribution in [0.5, 0.6) is 0 Å². The summed E-state index contributed by atoms with van der Waals surface area (Å²) in [7, 11) is 2.28. The molecule has 2 aliphatic heterocycles. The van der Waals surface area contributed by atoms with Crippen molar-refractivity contribution >= 4 is 11.8 Å². The highest BCUT2D eigenvalue weighted by atomic mass is 32.2. The van der Waals surface area contributed by atoms with Gasteiger partial charge in [0.1, 0.15) is 0 Å². The van der Waals surface area contributed by atoms with E-state index in [0.717, 1.165) is 12.0 Å². The van der Waals surface area contributed by atoms with E-state index in [9.17, 15) is 0 Å². The molecule has 2 rings (SSSR count). The van der Waals surface area contributed by atoms with Gasteiger partial charge >= 0.3 is 0 Å². The van der Waals surface area contributed by atoms with Crippen LogP contribution in [0.3, 0.4) is 0 Å². The second kappa shape index (κ2) is 3.99. The summed E-state index contributed by atoms with van der Waals surface area (Å²) < 4.78 is 0. The predicted molar refractivity (Wildman–Crippen MR) is 54.7 cm³/mol. The SMILES string of the molecule is CN(CC1CCNC1)C1CSC1. The Kier molecular flexibility index (Phi) is 2.94. The molecule has 0 bridgehead atoms. The maximum absolute atomic E-state index is 3.42. The van der Waals surface area contributed by atoms with Gasteiger partial charge in [-0.25, -0.2) is 0 Å². The number of hydrogen-bond acceptors (Lipinski definition) is 3. The van der Waals surface area contributed by atoms with Crippen LogP contribution >= 0.6 is 11.8 Å². The zero-order valence-electron chi connectivity index (χ0n) is 7.75. The van der Waals surface area contributed by atoms with Crippen LogP contribution in [0.25, 0.3) is 0 Å². The lowest BCUT2D eigenvalue weighted by atomic mass is 10.1. The molecule has 2 aliphatic rings. The summed E-state index contributed by atoms with van der Waals surface area (Å²) in [4.78, 5) is 2.55. The summed E-state index contributed by atoms with van der Waals surface area (Å²) in [6.45, 7) is 3.78. The summed E-state index contributed by atoms with van der Waals surface area (Å²) in [5, 5.41) is 3.42. The zero-order valence-corrected chi connectivity index (χ0v) is 8.57. The Morgan fingerprint density at radius 2 is 2.33 bits per heavy atom. The normalized spacial score (nSPS) is 31.0. The van der Waals surface area contributed by atoms with E-state index in [4.69, 9.17) is 0 Å². The van der Waals surface area contributed by atoms with E-state index in [1.54, 1.807) is 0 Å². The summed E-state index contributed by atoms with van der Waals surface area (Å²) >= 11 is 2.07. The van der Waals surface area contributed by atoms with Crippen LogP contribution in [0.15, 0.2) is 0 Å². The van der Waals surface area contributed by atoms with Crippen molar-refractivity contribution < 1.29 is 0 Å². The molecule has 0 saturated carbocycles. The number of nitrogens with one attached hydrogen (secondary N) is 1. The van der Waals surface area contributed by atoms with E-state index < -0.39 is 0 Å². The minimum atomic E-state index is 0.885. The maximum Gasteiger partial charge on any atom is 0.0274 e. The Morgan fingerprint density at radius 1 is 1.50 bits per heavy atom. The van der Waals surface area contributed by atoms with Crippen molar-refractivity contribution in [2.45, 2.75) is 12.5 Å². The molecular weight excluding hydrogens is 168 g/mol. The topological polar surface area (TPSA) is 15.3 Å². The van der Waals surface area contributed by atoms with E-state index in [1.807, 2.05) is 0 Å². The molecule has 3 heteroatoms. The molecule has 12 heavy (non-hydrogen) atoms. The molecule has 0 aromatic heterocycles. The third kappa shape index (κ3) is 1.95.